The highest BCUT2D eigenvalue weighted by Crippen LogP contribution is 2.34. The molecule has 0 bridgehead atoms. The quantitative estimate of drug-likeness (QED) is 0.262. The third-order valence-corrected chi connectivity index (χ3v) is 7.27. The van der Waals surface area contributed by atoms with Crippen LogP contribution in [-0.2, 0) is 23.7 Å². The first-order valence-electron chi connectivity index (χ1n) is 11.3. The van der Waals surface area contributed by atoms with Crippen molar-refractivity contribution in [2.24, 2.45) is 0 Å². The Morgan fingerprint density at radius 2 is 1.87 bits per heavy atom. The summed E-state index contributed by atoms with van der Waals surface area (Å²) in [7, 11) is 0. The number of anilines is 2. The molecule has 1 atom stereocenters. The van der Waals surface area contributed by atoms with Crippen molar-refractivity contribution in [2.75, 3.05) is 4.90 Å². The van der Waals surface area contributed by atoms with E-state index in [1.165, 1.54) is 35.6 Å². The normalized spacial score (nSPS) is 11.9. The molecule has 13 heteroatoms. The Balaban J connectivity index is 1.57. The van der Waals surface area contributed by atoms with Crippen LogP contribution in [0.5, 0.6) is 5.75 Å². The van der Waals surface area contributed by atoms with Crippen LogP contribution in [0.1, 0.15) is 32.1 Å². The van der Waals surface area contributed by atoms with Gasteiger partial charge in [-0.05, 0) is 55.0 Å². The number of pyridine rings is 1. The van der Waals surface area contributed by atoms with E-state index < -0.39 is 23.6 Å². The number of carbonyl (C=O) groups is 1. The Bertz CT molecular complexity index is 1460. The summed E-state index contributed by atoms with van der Waals surface area (Å²) in [4.78, 5) is 23.7. The maximum absolute atomic E-state index is 12.9. The second-order valence-corrected chi connectivity index (χ2v) is 10.5. The number of hydrogen-bond donors (Lipinski definition) is 1. The molecular formula is C26H20F3N5O3S2. The predicted octanol–water partition coefficient (Wildman–Crippen LogP) is 5.55. The molecule has 2 heterocycles. The van der Waals surface area contributed by atoms with Crippen molar-refractivity contribution in [2.45, 2.75) is 25.6 Å². The number of ether oxygens (including phenoxy) is 1. The molecule has 200 valence electrons. The number of nitrogens with one attached hydrogen (secondary N) is 1. The summed E-state index contributed by atoms with van der Waals surface area (Å²) in [6, 6.07) is 17.6. The SMILES string of the molecule is Cc1sc(N(Cc2ccc(OC(F)(F)F)cc2)c2ccc(C#N)cc2)nc1C(=O)N[S+]([O-])Cc1cccnc1. The highest BCUT2D eigenvalue weighted by Gasteiger charge is 2.31. The van der Waals surface area contributed by atoms with Gasteiger partial charge in [0, 0.05) is 28.5 Å². The fourth-order valence-corrected chi connectivity index (χ4v) is 5.27. The summed E-state index contributed by atoms with van der Waals surface area (Å²) in [6.07, 6.45) is -1.64. The van der Waals surface area contributed by atoms with Crippen LogP contribution in [0, 0.1) is 18.3 Å². The van der Waals surface area contributed by atoms with E-state index in [0.717, 1.165) is 0 Å². The zero-order valence-corrected chi connectivity index (χ0v) is 21.9. The molecule has 0 saturated heterocycles. The van der Waals surface area contributed by atoms with E-state index in [1.54, 1.807) is 60.6 Å². The fourth-order valence-electron chi connectivity index (χ4n) is 3.50. The van der Waals surface area contributed by atoms with E-state index in [1.807, 2.05) is 6.07 Å². The van der Waals surface area contributed by atoms with Crippen LogP contribution in [0.25, 0.3) is 0 Å². The van der Waals surface area contributed by atoms with Crippen molar-refractivity contribution in [3.63, 3.8) is 0 Å². The average molecular weight is 572 g/mol. The van der Waals surface area contributed by atoms with E-state index in [0.29, 0.717) is 32.4 Å². The first-order chi connectivity index (χ1) is 18.6. The zero-order chi connectivity index (χ0) is 28.0. The summed E-state index contributed by atoms with van der Waals surface area (Å²) >= 11 is -0.480. The van der Waals surface area contributed by atoms with Gasteiger partial charge in [0.05, 0.1) is 29.5 Å². The number of amides is 1. The van der Waals surface area contributed by atoms with E-state index in [2.05, 4.69) is 19.4 Å². The van der Waals surface area contributed by atoms with Crippen LogP contribution in [0.3, 0.4) is 0 Å². The van der Waals surface area contributed by atoms with Crippen LogP contribution in [0.15, 0.2) is 73.1 Å². The Morgan fingerprint density at radius 3 is 2.49 bits per heavy atom. The Hall–Kier alpha value is -4.12. The van der Waals surface area contributed by atoms with Gasteiger partial charge in [0.25, 0.3) is 0 Å². The van der Waals surface area contributed by atoms with Crippen molar-refractivity contribution in [3.05, 3.63) is 100 Å². The molecular weight excluding hydrogens is 551 g/mol. The number of halogens is 3. The molecule has 0 saturated carbocycles. The molecule has 0 aliphatic carbocycles. The van der Waals surface area contributed by atoms with Gasteiger partial charge in [-0.15, -0.1) is 24.5 Å². The molecule has 1 N–H and O–H groups in total. The van der Waals surface area contributed by atoms with Gasteiger partial charge in [-0.3, -0.25) is 9.78 Å². The van der Waals surface area contributed by atoms with Gasteiger partial charge in [-0.2, -0.15) is 9.98 Å². The lowest BCUT2D eigenvalue weighted by Gasteiger charge is -2.22. The molecule has 39 heavy (non-hydrogen) atoms. The van der Waals surface area contributed by atoms with Crippen LogP contribution < -0.4 is 14.4 Å². The number of thiazole rings is 1. The number of benzene rings is 2. The molecule has 2 aromatic heterocycles. The summed E-state index contributed by atoms with van der Waals surface area (Å²) in [5.41, 5.74) is 2.53. The lowest BCUT2D eigenvalue weighted by atomic mass is 10.1. The highest BCUT2D eigenvalue weighted by atomic mass is 32.2. The molecule has 4 rings (SSSR count). The molecule has 0 aliphatic rings. The van der Waals surface area contributed by atoms with Gasteiger partial charge >= 0.3 is 12.3 Å². The molecule has 0 aliphatic heterocycles. The molecule has 0 fully saturated rings. The molecule has 2 aromatic carbocycles. The maximum Gasteiger partial charge on any atom is 0.573 e. The van der Waals surface area contributed by atoms with Crippen molar-refractivity contribution >= 4 is 39.4 Å². The van der Waals surface area contributed by atoms with Crippen LogP contribution >= 0.6 is 11.3 Å². The molecule has 1 unspecified atom stereocenters. The number of nitriles is 1. The Morgan fingerprint density at radius 1 is 1.15 bits per heavy atom. The van der Waals surface area contributed by atoms with E-state index in [4.69, 9.17) is 5.26 Å². The fraction of sp³-hybridized carbons (Fsp3) is 0.154. The first-order valence-corrected chi connectivity index (χ1v) is 13.4. The van der Waals surface area contributed by atoms with Gasteiger partial charge < -0.3 is 14.2 Å². The summed E-state index contributed by atoms with van der Waals surface area (Å²) < 4.78 is 56.5. The number of rotatable bonds is 9. The second kappa shape index (κ2) is 12.2. The standard InChI is InChI=1S/C26H20F3N5O3S2/c1-17-23(24(35)33-39(36)16-20-3-2-12-31-14-20)32-25(38-17)34(21-8-4-18(13-30)5-9-21)15-19-6-10-22(11-7-19)37-26(27,28)29/h2-12,14H,15-16H2,1H3,(H,33,35). The second-order valence-electron chi connectivity index (χ2n) is 8.12. The number of alkyl halides is 3. The van der Waals surface area contributed by atoms with Crippen molar-refractivity contribution in [3.8, 4) is 11.8 Å². The lowest BCUT2D eigenvalue weighted by molar-refractivity contribution is -0.274. The predicted molar refractivity (Wildman–Crippen MR) is 141 cm³/mol. The number of aromatic nitrogens is 2. The molecule has 4 aromatic rings. The Kier molecular flexibility index (Phi) is 8.70. The molecule has 0 spiro atoms. The minimum absolute atomic E-state index is 0.0844. The van der Waals surface area contributed by atoms with Gasteiger partial charge in [-0.1, -0.05) is 18.2 Å². The highest BCUT2D eigenvalue weighted by molar-refractivity contribution is 7.89. The summed E-state index contributed by atoms with van der Waals surface area (Å²) in [5, 5.41) is 9.58. The monoisotopic (exact) mass is 571 g/mol. The van der Waals surface area contributed by atoms with Gasteiger partial charge in [0.15, 0.2) is 10.9 Å². The van der Waals surface area contributed by atoms with Gasteiger partial charge in [0.1, 0.15) is 11.4 Å². The van der Waals surface area contributed by atoms with Crippen molar-refractivity contribution in [1.29, 1.82) is 5.26 Å². The number of carbonyl (C=O) groups excluding carboxylic acids is 1. The van der Waals surface area contributed by atoms with Gasteiger partial charge in [-0.25, -0.2) is 4.98 Å². The number of nitrogens with zero attached hydrogens (tertiary/aromatic N) is 4. The van der Waals surface area contributed by atoms with E-state index in [9.17, 15) is 22.5 Å². The summed E-state index contributed by atoms with van der Waals surface area (Å²) in [6.45, 7) is 1.90. The van der Waals surface area contributed by atoms with Crippen molar-refractivity contribution in [1.82, 2.24) is 14.7 Å². The summed E-state index contributed by atoms with van der Waals surface area (Å²) in [5.74, 6) is -0.869. The molecule has 0 radical (unpaired) electrons. The van der Waals surface area contributed by atoms with Gasteiger partial charge in [0.2, 0.25) is 0 Å². The van der Waals surface area contributed by atoms with Crippen LogP contribution in [-0.4, -0.2) is 26.8 Å². The minimum Gasteiger partial charge on any atom is -0.593 e. The maximum atomic E-state index is 12.9. The van der Waals surface area contributed by atoms with Crippen molar-refractivity contribution < 1.29 is 27.3 Å². The average Bonchev–Trinajstić information content (AvgIpc) is 3.29. The largest absolute Gasteiger partial charge is 0.593 e. The third-order valence-electron chi connectivity index (χ3n) is 5.26. The van der Waals surface area contributed by atoms with Crippen LogP contribution in [0.2, 0.25) is 0 Å². The third kappa shape index (κ3) is 7.70. The first kappa shape index (κ1) is 27.9. The topological polar surface area (TPSA) is 114 Å². The smallest absolute Gasteiger partial charge is 0.573 e. The molecule has 1 amide bonds. The Labute approximate surface area is 229 Å². The number of hydrogen-bond acceptors (Lipinski definition) is 8. The van der Waals surface area contributed by atoms with Crippen LogP contribution in [0.4, 0.5) is 24.0 Å². The number of aryl methyl sites for hydroxylation is 1. The van der Waals surface area contributed by atoms with E-state index in [-0.39, 0.29) is 23.7 Å². The zero-order valence-electron chi connectivity index (χ0n) is 20.3. The molecule has 8 nitrogen and oxygen atoms in total. The van der Waals surface area contributed by atoms with E-state index >= 15 is 0 Å². The lowest BCUT2D eigenvalue weighted by Crippen LogP contribution is -2.32. The minimum atomic E-state index is -4.80.